The van der Waals surface area contributed by atoms with E-state index in [0.29, 0.717) is 11.3 Å². The predicted molar refractivity (Wildman–Crippen MR) is 69.2 cm³/mol. The Balaban J connectivity index is 2.10. The number of hydrogen-bond acceptors (Lipinski definition) is 4. The number of benzene rings is 1. The number of nitrogens with one attached hydrogen (secondary N) is 2. The van der Waals surface area contributed by atoms with Crippen molar-refractivity contribution in [1.29, 1.82) is 0 Å². The van der Waals surface area contributed by atoms with E-state index in [1.807, 2.05) is 0 Å². The van der Waals surface area contributed by atoms with Crippen molar-refractivity contribution in [3.63, 3.8) is 0 Å². The maximum Gasteiger partial charge on any atom is 0.389 e. The van der Waals surface area contributed by atoms with Crippen LogP contribution in [0.15, 0.2) is 12.1 Å². The van der Waals surface area contributed by atoms with E-state index in [2.05, 4.69) is 10.6 Å². The van der Waals surface area contributed by atoms with Crippen molar-refractivity contribution >= 4 is 23.0 Å². The van der Waals surface area contributed by atoms with E-state index in [1.54, 1.807) is 0 Å². The van der Waals surface area contributed by atoms with Crippen molar-refractivity contribution in [3.05, 3.63) is 27.8 Å². The minimum atomic E-state index is -4.25. The second-order valence-electron chi connectivity index (χ2n) is 4.65. The first kappa shape index (κ1) is 15.1. The molecule has 1 heterocycles. The van der Waals surface area contributed by atoms with Crippen LogP contribution in [0.2, 0.25) is 0 Å². The molecule has 0 fully saturated rings. The summed E-state index contributed by atoms with van der Waals surface area (Å²) in [7, 11) is 0. The summed E-state index contributed by atoms with van der Waals surface area (Å²) in [5, 5.41) is 16.1. The van der Waals surface area contributed by atoms with Gasteiger partial charge in [0.15, 0.2) is 0 Å². The molecule has 0 atom stereocenters. The van der Waals surface area contributed by atoms with Crippen LogP contribution in [-0.2, 0) is 11.2 Å². The fraction of sp³-hybridized carbons (Fsp3) is 0.417. The van der Waals surface area contributed by atoms with Gasteiger partial charge < -0.3 is 10.6 Å². The van der Waals surface area contributed by atoms with Crippen molar-refractivity contribution in [3.8, 4) is 0 Å². The Morgan fingerprint density at radius 2 is 2.10 bits per heavy atom. The van der Waals surface area contributed by atoms with Crippen molar-refractivity contribution in [2.75, 3.05) is 17.2 Å². The minimum Gasteiger partial charge on any atom is -0.379 e. The van der Waals surface area contributed by atoms with Gasteiger partial charge in [0.2, 0.25) is 5.91 Å². The standard InChI is InChI=1S/C12H12F3N3O3/c13-12(14,15)2-1-3-16-9-6-8-7(5-11(19)17-8)4-10(9)18(20)21/h4,6,16H,1-3,5H2,(H,17,19). The van der Waals surface area contributed by atoms with E-state index in [9.17, 15) is 28.1 Å². The third-order valence-corrected chi connectivity index (χ3v) is 3.00. The molecule has 0 aliphatic carbocycles. The number of nitro groups is 1. The monoisotopic (exact) mass is 303 g/mol. The third kappa shape index (κ3) is 3.83. The SMILES string of the molecule is O=C1Cc2cc([N+](=O)[O-])c(NCCCC(F)(F)F)cc2N1. The summed E-state index contributed by atoms with van der Waals surface area (Å²) < 4.78 is 36.1. The summed E-state index contributed by atoms with van der Waals surface area (Å²) in [5.74, 6) is -0.270. The predicted octanol–water partition coefficient (Wildman–Crippen LogP) is 2.84. The van der Waals surface area contributed by atoms with E-state index in [1.165, 1.54) is 12.1 Å². The molecule has 6 nitrogen and oxygen atoms in total. The number of alkyl halides is 3. The van der Waals surface area contributed by atoms with E-state index in [0.717, 1.165) is 0 Å². The lowest BCUT2D eigenvalue weighted by Crippen LogP contribution is -2.11. The summed E-state index contributed by atoms with van der Waals surface area (Å²) in [4.78, 5) is 21.6. The Morgan fingerprint density at radius 1 is 1.38 bits per heavy atom. The number of nitro benzene ring substituents is 1. The smallest absolute Gasteiger partial charge is 0.379 e. The van der Waals surface area contributed by atoms with Crippen LogP contribution in [0.5, 0.6) is 0 Å². The van der Waals surface area contributed by atoms with Crippen LogP contribution < -0.4 is 10.6 Å². The highest BCUT2D eigenvalue weighted by atomic mass is 19.4. The number of hydrogen-bond donors (Lipinski definition) is 2. The molecule has 0 aromatic heterocycles. The fourth-order valence-corrected chi connectivity index (χ4v) is 2.07. The van der Waals surface area contributed by atoms with Gasteiger partial charge in [0, 0.05) is 24.7 Å². The summed E-state index contributed by atoms with van der Waals surface area (Å²) in [6, 6.07) is 2.64. The molecule has 0 spiro atoms. The molecule has 0 radical (unpaired) electrons. The zero-order valence-corrected chi connectivity index (χ0v) is 10.8. The first-order valence-electron chi connectivity index (χ1n) is 6.18. The van der Waals surface area contributed by atoms with Crippen LogP contribution in [0.1, 0.15) is 18.4 Å². The van der Waals surface area contributed by atoms with Crippen molar-refractivity contribution in [2.24, 2.45) is 0 Å². The molecule has 1 amide bonds. The van der Waals surface area contributed by atoms with Gasteiger partial charge in [-0.05, 0) is 18.1 Å². The van der Waals surface area contributed by atoms with Crippen molar-refractivity contribution < 1.29 is 22.9 Å². The van der Waals surface area contributed by atoms with E-state index >= 15 is 0 Å². The van der Waals surface area contributed by atoms with Gasteiger partial charge >= 0.3 is 6.18 Å². The lowest BCUT2D eigenvalue weighted by atomic mass is 10.1. The van der Waals surface area contributed by atoms with Gasteiger partial charge in [-0.1, -0.05) is 0 Å². The number of carbonyl (C=O) groups is 1. The fourth-order valence-electron chi connectivity index (χ4n) is 2.07. The molecule has 0 unspecified atom stereocenters. The van der Waals surface area contributed by atoms with Gasteiger partial charge in [-0.25, -0.2) is 0 Å². The number of anilines is 2. The molecule has 21 heavy (non-hydrogen) atoms. The average molecular weight is 303 g/mol. The topological polar surface area (TPSA) is 84.3 Å². The van der Waals surface area contributed by atoms with Gasteiger partial charge in [-0.15, -0.1) is 0 Å². The Labute approximate surface area is 117 Å². The second-order valence-corrected chi connectivity index (χ2v) is 4.65. The number of rotatable bonds is 5. The summed E-state index contributed by atoms with van der Waals surface area (Å²) in [6.07, 6.45) is -5.34. The maximum atomic E-state index is 12.0. The van der Waals surface area contributed by atoms with Crippen LogP contribution in [0.25, 0.3) is 0 Å². The molecular formula is C12H12F3N3O3. The van der Waals surface area contributed by atoms with Gasteiger partial charge in [-0.2, -0.15) is 13.2 Å². The van der Waals surface area contributed by atoms with Gasteiger partial charge in [-0.3, -0.25) is 14.9 Å². The number of halogens is 3. The Hall–Kier alpha value is -2.32. The largest absolute Gasteiger partial charge is 0.389 e. The molecule has 1 aromatic carbocycles. The van der Waals surface area contributed by atoms with Gasteiger partial charge in [0.1, 0.15) is 5.69 Å². The zero-order chi connectivity index (χ0) is 15.6. The number of carbonyl (C=O) groups excluding carboxylic acids is 1. The van der Waals surface area contributed by atoms with E-state index in [4.69, 9.17) is 0 Å². The molecule has 0 bridgehead atoms. The Kier molecular flexibility index (Phi) is 4.01. The molecule has 2 N–H and O–H groups in total. The summed E-state index contributed by atoms with van der Waals surface area (Å²) in [6.45, 7) is -0.0485. The Morgan fingerprint density at radius 3 is 2.71 bits per heavy atom. The first-order valence-corrected chi connectivity index (χ1v) is 6.18. The minimum absolute atomic E-state index is 0.0485. The quantitative estimate of drug-likeness (QED) is 0.497. The van der Waals surface area contributed by atoms with Crippen LogP contribution in [0, 0.1) is 10.1 Å². The third-order valence-electron chi connectivity index (χ3n) is 3.00. The van der Waals surface area contributed by atoms with Crippen LogP contribution in [-0.4, -0.2) is 23.6 Å². The normalized spacial score (nSPS) is 13.8. The molecular weight excluding hydrogens is 291 g/mol. The molecule has 0 saturated heterocycles. The molecule has 1 aliphatic heterocycles. The Bertz CT molecular complexity index is 587. The molecule has 1 aliphatic rings. The average Bonchev–Trinajstić information content (AvgIpc) is 2.71. The lowest BCUT2D eigenvalue weighted by molar-refractivity contribution is -0.384. The highest BCUT2D eigenvalue weighted by Crippen LogP contribution is 2.34. The van der Waals surface area contributed by atoms with Crippen LogP contribution in [0.3, 0.4) is 0 Å². The van der Waals surface area contributed by atoms with Crippen LogP contribution >= 0.6 is 0 Å². The summed E-state index contributed by atoms with van der Waals surface area (Å²) >= 11 is 0. The highest BCUT2D eigenvalue weighted by molar-refractivity contribution is 6.00. The second kappa shape index (κ2) is 5.58. The maximum absolute atomic E-state index is 12.0. The highest BCUT2D eigenvalue weighted by Gasteiger charge is 2.27. The number of fused-ring (bicyclic) bond motifs is 1. The molecule has 114 valence electrons. The number of nitrogens with zero attached hydrogens (tertiary/aromatic N) is 1. The van der Waals surface area contributed by atoms with Gasteiger partial charge in [0.05, 0.1) is 11.3 Å². The molecule has 2 rings (SSSR count). The molecule has 1 aromatic rings. The lowest BCUT2D eigenvalue weighted by Gasteiger charge is -2.10. The van der Waals surface area contributed by atoms with Crippen molar-refractivity contribution in [2.45, 2.75) is 25.4 Å². The molecule has 9 heteroatoms. The zero-order valence-electron chi connectivity index (χ0n) is 10.8. The van der Waals surface area contributed by atoms with E-state index < -0.39 is 17.5 Å². The van der Waals surface area contributed by atoms with Crippen LogP contribution in [0.4, 0.5) is 30.2 Å². The summed E-state index contributed by atoms with van der Waals surface area (Å²) in [5.41, 5.74) is 0.803. The first-order chi connectivity index (χ1) is 9.76. The van der Waals surface area contributed by atoms with Gasteiger partial charge in [0.25, 0.3) is 5.69 Å². The van der Waals surface area contributed by atoms with Crippen molar-refractivity contribution in [1.82, 2.24) is 0 Å². The number of amides is 1. The van der Waals surface area contributed by atoms with E-state index in [-0.39, 0.29) is 36.7 Å². The molecule has 0 saturated carbocycles.